The Balaban J connectivity index is 2.09. The molecular formula is C18H24FNO3. The first kappa shape index (κ1) is 17.4. The van der Waals surface area contributed by atoms with Crippen molar-refractivity contribution in [3.63, 3.8) is 0 Å². The Kier molecular flexibility index (Phi) is 6.56. The molecule has 0 atom stereocenters. The maximum absolute atomic E-state index is 13.1. The van der Waals surface area contributed by atoms with Crippen LogP contribution >= 0.6 is 0 Å². The van der Waals surface area contributed by atoms with E-state index in [1.165, 1.54) is 30.7 Å². The Morgan fingerprint density at radius 3 is 2.43 bits per heavy atom. The standard InChI is InChI=1S/C18H24FNO3/c1-2-23-17(21)12-13-20(16-6-4-3-5-7-16)18(22)14-8-10-15(19)11-9-14/h8-11,16H,2-7,12-13H2,1H3. The Morgan fingerprint density at radius 1 is 1.17 bits per heavy atom. The second-order valence-corrected chi connectivity index (χ2v) is 5.85. The van der Waals surface area contributed by atoms with Gasteiger partial charge in [0, 0.05) is 18.2 Å². The SMILES string of the molecule is CCOC(=O)CCN(C(=O)c1ccc(F)cc1)C1CCCCC1. The van der Waals surface area contributed by atoms with E-state index in [2.05, 4.69) is 0 Å². The quantitative estimate of drug-likeness (QED) is 0.753. The van der Waals surface area contributed by atoms with Crippen molar-refractivity contribution in [3.8, 4) is 0 Å². The van der Waals surface area contributed by atoms with Gasteiger partial charge in [0.1, 0.15) is 5.82 Å². The third-order valence-corrected chi connectivity index (χ3v) is 4.23. The Labute approximate surface area is 136 Å². The average molecular weight is 321 g/mol. The summed E-state index contributed by atoms with van der Waals surface area (Å²) in [7, 11) is 0. The molecule has 0 aliphatic heterocycles. The molecule has 4 nitrogen and oxygen atoms in total. The Hall–Kier alpha value is -1.91. The van der Waals surface area contributed by atoms with Crippen molar-refractivity contribution >= 4 is 11.9 Å². The highest BCUT2D eigenvalue weighted by atomic mass is 19.1. The first-order chi connectivity index (χ1) is 11.1. The summed E-state index contributed by atoms with van der Waals surface area (Å²) in [6.07, 6.45) is 5.48. The third kappa shape index (κ3) is 5.05. The summed E-state index contributed by atoms with van der Waals surface area (Å²) in [6, 6.07) is 5.72. The molecule has 5 heteroatoms. The molecule has 1 fully saturated rings. The van der Waals surface area contributed by atoms with Crippen molar-refractivity contribution in [2.24, 2.45) is 0 Å². The first-order valence-corrected chi connectivity index (χ1v) is 8.34. The molecule has 1 saturated carbocycles. The number of ether oxygens (including phenoxy) is 1. The van der Waals surface area contributed by atoms with Crippen molar-refractivity contribution in [1.82, 2.24) is 4.90 Å². The molecule has 126 valence electrons. The number of hydrogen-bond acceptors (Lipinski definition) is 3. The molecule has 0 saturated heterocycles. The molecule has 1 aromatic rings. The lowest BCUT2D eigenvalue weighted by molar-refractivity contribution is -0.143. The van der Waals surface area contributed by atoms with Gasteiger partial charge >= 0.3 is 5.97 Å². The molecule has 0 bridgehead atoms. The van der Waals surface area contributed by atoms with Gasteiger partial charge < -0.3 is 9.64 Å². The van der Waals surface area contributed by atoms with Crippen LogP contribution in [0.4, 0.5) is 4.39 Å². The lowest BCUT2D eigenvalue weighted by Gasteiger charge is -2.34. The summed E-state index contributed by atoms with van der Waals surface area (Å²) in [5.41, 5.74) is 0.459. The lowest BCUT2D eigenvalue weighted by Crippen LogP contribution is -2.42. The molecule has 1 aliphatic carbocycles. The van der Waals surface area contributed by atoms with E-state index in [1.807, 2.05) is 0 Å². The number of hydrogen-bond donors (Lipinski definition) is 0. The van der Waals surface area contributed by atoms with Crippen molar-refractivity contribution in [3.05, 3.63) is 35.6 Å². The van der Waals surface area contributed by atoms with Gasteiger partial charge in [0.15, 0.2) is 0 Å². The summed E-state index contributed by atoms with van der Waals surface area (Å²) in [6.45, 7) is 2.45. The van der Waals surface area contributed by atoms with Gasteiger partial charge in [-0.25, -0.2) is 4.39 Å². The van der Waals surface area contributed by atoms with Gasteiger partial charge in [-0.2, -0.15) is 0 Å². The highest BCUT2D eigenvalue weighted by Crippen LogP contribution is 2.24. The van der Waals surface area contributed by atoms with E-state index in [4.69, 9.17) is 4.74 Å². The minimum atomic E-state index is -0.364. The maximum Gasteiger partial charge on any atom is 0.307 e. The number of nitrogens with zero attached hydrogens (tertiary/aromatic N) is 1. The molecule has 0 aromatic heterocycles. The number of benzene rings is 1. The molecule has 0 heterocycles. The Morgan fingerprint density at radius 2 is 1.83 bits per heavy atom. The van der Waals surface area contributed by atoms with E-state index in [9.17, 15) is 14.0 Å². The van der Waals surface area contributed by atoms with Crippen LogP contribution in [0.2, 0.25) is 0 Å². The van der Waals surface area contributed by atoms with E-state index in [1.54, 1.807) is 11.8 Å². The van der Waals surface area contributed by atoms with E-state index in [0.29, 0.717) is 18.7 Å². The molecule has 23 heavy (non-hydrogen) atoms. The van der Waals surface area contributed by atoms with Gasteiger partial charge in [-0.1, -0.05) is 19.3 Å². The second kappa shape index (κ2) is 8.65. The van der Waals surface area contributed by atoms with E-state index < -0.39 is 0 Å². The summed E-state index contributed by atoms with van der Waals surface area (Å²) in [4.78, 5) is 26.2. The number of rotatable bonds is 6. The lowest BCUT2D eigenvalue weighted by atomic mass is 9.93. The zero-order chi connectivity index (χ0) is 16.7. The van der Waals surface area contributed by atoms with Crippen LogP contribution in [-0.4, -0.2) is 36.0 Å². The van der Waals surface area contributed by atoms with Gasteiger partial charge in [0.2, 0.25) is 0 Å². The number of amides is 1. The van der Waals surface area contributed by atoms with Gasteiger partial charge in [-0.05, 0) is 44.0 Å². The molecule has 0 N–H and O–H groups in total. The highest BCUT2D eigenvalue weighted by Gasteiger charge is 2.26. The molecule has 1 aromatic carbocycles. The predicted octanol–water partition coefficient (Wildman–Crippen LogP) is 3.55. The normalized spacial score (nSPS) is 15.2. The average Bonchev–Trinajstić information content (AvgIpc) is 2.57. The number of halogens is 1. The van der Waals surface area contributed by atoms with Crippen molar-refractivity contribution in [2.45, 2.75) is 51.5 Å². The van der Waals surface area contributed by atoms with Gasteiger partial charge in [-0.3, -0.25) is 9.59 Å². The smallest absolute Gasteiger partial charge is 0.307 e. The summed E-state index contributed by atoms with van der Waals surface area (Å²) in [5.74, 6) is -0.793. The van der Waals surface area contributed by atoms with Crippen LogP contribution in [0.5, 0.6) is 0 Å². The minimum absolute atomic E-state index is 0.138. The molecule has 1 aliphatic rings. The van der Waals surface area contributed by atoms with Crippen molar-refractivity contribution in [2.75, 3.05) is 13.2 Å². The Bertz CT molecular complexity index is 524. The van der Waals surface area contributed by atoms with Crippen molar-refractivity contribution in [1.29, 1.82) is 0 Å². The van der Waals surface area contributed by atoms with Gasteiger partial charge in [0.25, 0.3) is 5.91 Å². The molecular weight excluding hydrogens is 297 g/mol. The minimum Gasteiger partial charge on any atom is -0.466 e. The van der Waals surface area contributed by atoms with Crippen LogP contribution in [0.25, 0.3) is 0 Å². The number of carbonyl (C=O) groups excluding carboxylic acids is 2. The summed E-state index contributed by atoms with van der Waals surface area (Å²) in [5, 5.41) is 0. The molecule has 1 amide bonds. The van der Waals surface area contributed by atoms with E-state index in [-0.39, 0.29) is 30.2 Å². The maximum atomic E-state index is 13.1. The van der Waals surface area contributed by atoms with Gasteiger partial charge in [0.05, 0.1) is 13.0 Å². The number of esters is 1. The zero-order valence-electron chi connectivity index (χ0n) is 13.6. The molecule has 0 spiro atoms. The largest absolute Gasteiger partial charge is 0.466 e. The van der Waals surface area contributed by atoms with Gasteiger partial charge in [-0.15, -0.1) is 0 Å². The van der Waals surface area contributed by atoms with Crippen LogP contribution in [0.3, 0.4) is 0 Å². The fourth-order valence-electron chi connectivity index (χ4n) is 3.05. The summed E-state index contributed by atoms with van der Waals surface area (Å²) >= 11 is 0. The van der Waals surface area contributed by atoms with Crippen LogP contribution in [0.1, 0.15) is 55.8 Å². The van der Waals surface area contributed by atoms with E-state index >= 15 is 0 Å². The van der Waals surface area contributed by atoms with Crippen molar-refractivity contribution < 1.29 is 18.7 Å². The predicted molar refractivity (Wildman–Crippen MR) is 85.6 cm³/mol. The fraction of sp³-hybridized carbons (Fsp3) is 0.556. The topological polar surface area (TPSA) is 46.6 Å². The zero-order valence-corrected chi connectivity index (χ0v) is 13.6. The van der Waals surface area contributed by atoms with Crippen LogP contribution in [0.15, 0.2) is 24.3 Å². The first-order valence-electron chi connectivity index (χ1n) is 8.34. The second-order valence-electron chi connectivity index (χ2n) is 5.85. The fourth-order valence-corrected chi connectivity index (χ4v) is 3.05. The van der Waals surface area contributed by atoms with Crippen LogP contribution in [0, 0.1) is 5.82 Å². The van der Waals surface area contributed by atoms with E-state index in [0.717, 1.165) is 25.7 Å². The number of carbonyl (C=O) groups is 2. The van der Waals surface area contributed by atoms with Crippen LogP contribution < -0.4 is 0 Å². The van der Waals surface area contributed by atoms with Crippen LogP contribution in [-0.2, 0) is 9.53 Å². The monoisotopic (exact) mass is 321 g/mol. The molecule has 0 radical (unpaired) electrons. The highest BCUT2D eigenvalue weighted by molar-refractivity contribution is 5.94. The summed E-state index contributed by atoms with van der Waals surface area (Å²) < 4.78 is 18.0. The third-order valence-electron chi connectivity index (χ3n) is 4.23. The molecule has 0 unspecified atom stereocenters. The molecule has 2 rings (SSSR count).